The van der Waals surface area contributed by atoms with Gasteiger partial charge >= 0.3 is 5.97 Å². The van der Waals surface area contributed by atoms with E-state index in [0.29, 0.717) is 22.8 Å². The zero-order valence-electron chi connectivity index (χ0n) is 10.4. The third-order valence-corrected chi connectivity index (χ3v) is 2.92. The lowest BCUT2D eigenvalue weighted by Gasteiger charge is -2.09. The molecule has 4 nitrogen and oxygen atoms in total. The second-order valence-corrected chi connectivity index (χ2v) is 4.31. The maximum absolute atomic E-state index is 11.4. The fourth-order valence-electron chi connectivity index (χ4n) is 1.61. The van der Waals surface area contributed by atoms with Crippen molar-refractivity contribution in [1.82, 2.24) is 4.98 Å². The van der Waals surface area contributed by atoms with Crippen molar-refractivity contribution in [1.29, 1.82) is 0 Å². The van der Waals surface area contributed by atoms with E-state index in [0.717, 1.165) is 5.56 Å². The largest absolute Gasteiger partial charge is 0.465 e. The van der Waals surface area contributed by atoms with E-state index in [1.54, 1.807) is 30.6 Å². The van der Waals surface area contributed by atoms with Crippen LogP contribution in [0.1, 0.15) is 15.9 Å². The topological polar surface area (TPSA) is 51.2 Å². The molecule has 0 fully saturated rings. The molecule has 0 unspecified atom stereocenters. The van der Waals surface area contributed by atoms with Crippen LogP contribution in [-0.2, 0) is 11.3 Å². The fraction of sp³-hybridized carbons (Fsp3) is 0.143. The van der Waals surface area contributed by atoms with Gasteiger partial charge in [0.05, 0.1) is 23.4 Å². The summed E-state index contributed by atoms with van der Waals surface area (Å²) in [5.41, 5.74) is 2.18. The normalized spacial score (nSPS) is 10.0. The van der Waals surface area contributed by atoms with E-state index in [4.69, 9.17) is 11.6 Å². The maximum atomic E-state index is 11.4. The van der Waals surface area contributed by atoms with Gasteiger partial charge in [-0.3, -0.25) is 4.98 Å². The van der Waals surface area contributed by atoms with Crippen LogP contribution in [0.15, 0.2) is 42.7 Å². The number of halogens is 1. The zero-order chi connectivity index (χ0) is 13.7. The van der Waals surface area contributed by atoms with E-state index in [1.807, 2.05) is 12.1 Å². The number of pyridine rings is 1. The summed E-state index contributed by atoms with van der Waals surface area (Å²) in [6.45, 7) is 0.582. The number of benzene rings is 1. The molecule has 1 N–H and O–H groups in total. The summed E-state index contributed by atoms with van der Waals surface area (Å²) in [5.74, 6) is -0.388. The number of hydrogen-bond acceptors (Lipinski definition) is 4. The number of hydrogen-bond donors (Lipinski definition) is 1. The first-order valence-electron chi connectivity index (χ1n) is 5.71. The Kier molecular flexibility index (Phi) is 4.36. The van der Waals surface area contributed by atoms with Gasteiger partial charge in [0.15, 0.2) is 0 Å². The Balaban J connectivity index is 2.13. The Labute approximate surface area is 116 Å². The standard InChI is InChI=1S/C14H13ClN2O2/c1-19-14(18)11-4-5-12(15)13(7-11)17-9-10-3-2-6-16-8-10/h2-8,17H,9H2,1H3. The molecule has 0 atom stereocenters. The van der Waals surface area contributed by atoms with Crippen LogP contribution in [0.5, 0.6) is 0 Å². The molecular weight excluding hydrogens is 264 g/mol. The van der Waals surface area contributed by atoms with Gasteiger partial charge in [0.1, 0.15) is 0 Å². The van der Waals surface area contributed by atoms with Crippen LogP contribution in [0.4, 0.5) is 5.69 Å². The van der Waals surface area contributed by atoms with Crippen molar-refractivity contribution in [2.45, 2.75) is 6.54 Å². The van der Waals surface area contributed by atoms with Crippen molar-refractivity contribution >= 4 is 23.3 Å². The molecule has 0 aliphatic rings. The van der Waals surface area contributed by atoms with Gasteiger partial charge in [0.25, 0.3) is 0 Å². The van der Waals surface area contributed by atoms with Crippen LogP contribution in [0.25, 0.3) is 0 Å². The van der Waals surface area contributed by atoms with Crippen LogP contribution in [0.2, 0.25) is 5.02 Å². The molecule has 1 heterocycles. The average Bonchev–Trinajstić information content (AvgIpc) is 2.46. The van der Waals surface area contributed by atoms with E-state index < -0.39 is 0 Å². The number of carbonyl (C=O) groups is 1. The maximum Gasteiger partial charge on any atom is 0.337 e. The van der Waals surface area contributed by atoms with Crippen molar-refractivity contribution in [3.63, 3.8) is 0 Å². The van der Waals surface area contributed by atoms with E-state index in [2.05, 4.69) is 15.0 Å². The van der Waals surface area contributed by atoms with Gasteiger partial charge < -0.3 is 10.1 Å². The molecule has 0 saturated carbocycles. The smallest absolute Gasteiger partial charge is 0.337 e. The third kappa shape index (κ3) is 3.45. The van der Waals surface area contributed by atoms with Crippen molar-refractivity contribution in [2.75, 3.05) is 12.4 Å². The minimum atomic E-state index is -0.388. The Morgan fingerprint density at radius 3 is 2.95 bits per heavy atom. The quantitative estimate of drug-likeness (QED) is 0.872. The highest BCUT2D eigenvalue weighted by atomic mass is 35.5. The Bertz CT molecular complexity index is 573. The van der Waals surface area contributed by atoms with Crippen molar-refractivity contribution < 1.29 is 9.53 Å². The molecule has 0 aliphatic heterocycles. The van der Waals surface area contributed by atoms with Crippen LogP contribution in [0.3, 0.4) is 0 Å². The molecule has 2 aromatic rings. The van der Waals surface area contributed by atoms with Gasteiger partial charge in [0, 0.05) is 18.9 Å². The lowest BCUT2D eigenvalue weighted by molar-refractivity contribution is 0.0601. The summed E-state index contributed by atoms with van der Waals surface area (Å²) in [7, 11) is 1.35. The van der Waals surface area contributed by atoms with Crippen LogP contribution >= 0.6 is 11.6 Å². The first kappa shape index (κ1) is 13.4. The highest BCUT2D eigenvalue weighted by Crippen LogP contribution is 2.24. The Hall–Kier alpha value is -2.07. The third-order valence-electron chi connectivity index (χ3n) is 2.59. The lowest BCUT2D eigenvalue weighted by Crippen LogP contribution is -2.04. The molecule has 2 rings (SSSR count). The number of methoxy groups -OCH3 is 1. The van der Waals surface area contributed by atoms with Gasteiger partial charge in [-0.1, -0.05) is 17.7 Å². The van der Waals surface area contributed by atoms with Crippen LogP contribution in [0, 0.1) is 0 Å². The summed E-state index contributed by atoms with van der Waals surface area (Å²) in [5, 5.41) is 3.72. The SMILES string of the molecule is COC(=O)c1ccc(Cl)c(NCc2cccnc2)c1. The summed E-state index contributed by atoms with van der Waals surface area (Å²) in [6.07, 6.45) is 3.49. The first-order valence-corrected chi connectivity index (χ1v) is 6.09. The highest BCUT2D eigenvalue weighted by Gasteiger charge is 2.08. The number of aromatic nitrogens is 1. The van der Waals surface area contributed by atoms with Crippen molar-refractivity contribution in [2.24, 2.45) is 0 Å². The molecule has 0 amide bonds. The van der Waals surface area contributed by atoms with Gasteiger partial charge in [0.2, 0.25) is 0 Å². The van der Waals surface area contributed by atoms with Gasteiger partial charge in [-0.25, -0.2) is 4.79 Å². The monoisotopic (exact) mass is 276 g/mol. The first-order chi connectivity index (χ1) is 9.20. The van der Waals surface area contributed by atoms with Crippen molar-refractivity contribution in [3.05, 3.63) is 58.9 Å². The number of ether oxygens (including phenoxy) is 1. The lowest BCUT2D eigenvalue weighted by atomic mass is 10.2. The Morgan fingerprint density at radius 1 is 1.42 bits per heavy atom. The van der Waals surface area contributed by atoms with E-state index in [1.165, 1.54) is 7.11 Å². The van der Waals surface area contributed by atoms with Crippen LogP contribution < -0.4 is 5.32 Å². The number of nitrogens with zero attached hydrogens (tertiary/aromatic N) is 1. The average molecular weight is 277 g/mol. The molecule has 0 radical (unpaired) electrons. The van der Waals surface area contributed by atoms with E-state index in [-0.39, 0.29) is 5.97 Å². The molecule has 0 spiro atoms. The fourth-order valence-corrected chi connectivity index (χ4v) is 1.79. The van der Waals surface area contributed by atoms with Crippen molar-refractivity contribution in [3.8, 4) is 0 Å². The zero-order valence-corrected chi connectivity index (χ0v) is 11.1. The summed E-state index contributed by atoms with van der Waals surface area (Å²) < 4.78 is 4.67. The minimum Gasteiger partial charge on any atom is -0.465 e. The molecule has 0 aliphatic carbocycles. The second-order valence-electron chi connectivity index (χ2n) is 3.90. The van der Waals surface area contributed by atoms with E-state index >= 15 is 0 Å². The predicted octanol–water partition coefficient (Wildman–Crippen LogP) is 3.13. The number of nitrogens with one attached hydrogen (secondary N) is 1. The summed E-state index contributed by atoms with van der Waals surface area (Å²) in [4.78, 5) is 15.5. The van der Waals surface area contributed by atoms with Crippen LogP contribution in [-0.4, -0.2) is 18.1 Å². The molecular formula is C14H13ClN2O2. The summed E-state index contributed by atoms with van der Waals surface area (Å²) >= 11 is 6.08. The van der Waals surface area contributed by atoms with Gasteiger partial charge in [-0.05, 0) is 29.8 Å². The Morgan fingerprint density at radius 2 is 2.26 bits per heavy atom. The van der Waals surface area contributed by atoms with Gasteiger partial charge in [-0.15, -0.1) is 0 Å². The second kappa shape index (κ2) is 6.20. The molecule has 19 heavy (non-hydrogen) atoms. The molecule has 5 heteroatoms. The highest BCUT2D eigenvalue weighted by molar-refractivity contribution is 6.33. The number of rotatable bonds is 4. The molecule has 1 aromatic heterocycles. The molecule has 1 aromatic carbocycles. The summed E-state index contributed by atoms with van der Waals surface area (Å²) in [6, 6.07) is 8.79. The number of anilines is 1. The minimum absolute atomic E-state index is 0.388. The number of carbonyl (C=O) groups excluding carboxylic acids is 1. The predicted molar refractivity (Wildman–Crippen MR) is 74.4 cm³/mol. The van der Waals surface area contributed by atoms with E-state index in [9.17, 15) is 4.79 Å². The molecule has 0 bridgehead atoms. The molecule has 98 valence electrons. The van der Waals surface area contributed by atoms with Gasteiger partial charge in [-0.2, -0.15) is 0 Å². The number of esters is 1. The molecule has 0 saturated heterocycles.